The molecule has 0 unspecified atom stereocenters. The average molecular weight is 701 g/mol. The molecule has 0 fully saturated rings. The molecule has 1 aromatic heterocycles. The lowest BCUT2D eigenvalue weighted by molar-refractivity contribution is -0.121. The first-order chi connectivity index (χ1) is 23.6. The monoisotopic (exact) mass is 700 g/mol. The van der Waals surface area contributed by atoms with E-state index >= 15 is 0 Å². The van der Waals surface area contributed by atoms with Gasteiger partial charge in [0, 0.05) is 24.5 Å². The molecule has 0 aliphatic heterocycles. The lowest BCUT2D eigenvalue weighted by atomic mass is 9.94. The van der Waals surface area contributed by atoms with Gasteiger partial charge in [0.1, 0.15) is 17.7 Å². The number of sulfonamides is 1. The fourth-order valence-electron chi connectivity index (χ4n) is 5.17. The van der Waals surface area contributed by atoms with E-state index in [-0.39, 0.29) is 17.8 Å². The second-order valence-electron chi connectivity index (χ2n) is 11.2. The molecule has 0 aliphatic rings. The molecule has 4 aromatic carbocycles. The number of benzene rings is 4. The number of rotatable bonds is 14. The summed E-state index contributed by atoms with van der Waals surface area (Å²) in [7, 11) is -4.05. The van der Waals surface area contributed by atoms with Gasteiger partial charge in [0.05, 0.1) is 12.1 Å². The molecule has 0 spiro atoms. The van der Waals surface area contributed by atoms with Crippen LogP contribution >= 0.6 is 11.8 Å². The number of nitrogens with one attached hydrogen (secondary N) is 2. The van der Waals surface area contributed by atoms with Gasteiger partial charge in [0.25, 0.3) is 11.8 Å². The van der Waals surface area contributed by atoms with Gasteiger partial charge in [0.2, 0.25) is 10.0 Å². The molecule has 1 heterocycles. The Kier molecular flexibility index (Phi) is 11.8. The van der Waals surface area contributed by atoms with E-state index < -0.39 is 39.4 Å². The van der Waals surface area contributed by atoms with E-state index in [0.29, 0.717) is 34.6 Å². The summed E-state index contributed by atoms with van der Waals surface area (Å²) in [6.07, 6.45) is 9.08. The average Bonchev–Trinajstić information content (AvgIpc) is 3.60. The molecule has 252 valence electrons. The Labute approximate surface area is 288 Å². The molecule has 0 radical (unpaired) electrons. The quantitative estimate of drug-likeness (QED) is 0.127. The van der Waals surface area contributed by atoms with Crippen molar-refractivity contribution in [2.45, 2.75) is 24.8 Å². The summed E-state index contributed by atoms with van der Waals surface area (Å²) in [5, 5.41) is 2.73. The molecule has 5 aromatic rings. The highest BCUT2D eigenvalue weighted by Gasteiger charge is 2.26. The van der Waals surface area contributed by atoms with Crippen LogP contribution in [-0.4, -0.2) is 47.8 Å². The van der Waals surface area contributed by atoms with E-state index in [1.807, 2.05) is 23.1 Å². The topological polar surface area (TPSA) is 110 Å². The number of thioether (sulfide) groups is 1. The van der Waals surface area contributed by atoms with Crippen LogP contribution in [0.15, 0.2) is 116 Å². The third-order valence-electron chi connectivity index (χ3n) is 7.60. The number of hydrogen-bond acceptors (Lipinski definition) is 6. The number of nitrogens with zero attached hydrogens (tertiary/aromatic N) is 2. The lowest BCUT2D eigenvalue weighted by Crippen LogP contribution is -2.49. The van der Waals surface area contributed by atoms with Crippen molar-refractivity contribution in [1.82, 2.24) is 19.6 Å². The van der Waals surface area contributed by atoms with Crippen LogP contribution in [0.1, 0.15) is 33.5 Å². The van der Waals surface area contributed by atoms with Gasteiger partial charge in [0.15, 0.2) is 0 Å². The van der Waals surface area contributed by atoms with Crippen LogP contribution in [0.4, 0.5) is 8.78 Å². The highest BCUT2D eigenvalue weighted by Crippen LogP contribution is 2.29. The second-order valence-corrected chi connectivity index (χ2v) is 13.9. The van der Waals surface area contributed by atoms with E-state index in [1.165, 1.54) is 36.0 Å². The van der Waals surface area contributed by atoms with Gasteiger partial charge in [-0.3, -0.25) is 14.3 Å². The van der Waals surface area contributed by atoms with Crippen molar-refractivity contribution < 1.29 is 26.8 Å². The highest BCUT2D eigenvalue weighted by molar-refractivity contribution is 7.98. The Morgan fingerprint density at radius 1 is 0.939 bits per heavy atom. The number of halogens is 2. The molecule has 12 heteroatoms. The SMILES string of the molecule is CSCC[C@H](NC(=O)c1ccc(C=C(Cn2ccnc2)c2ccc(F)cc2)cc1-c1ccc(F)cc1)C(=O)NS(=O)(=O)Cc1ccccc1. The fraction of sp³-hybridized carbons (Fsp3) is 0.162. The maximum Gasteiger partial charge on any atom is 0.256 e. The molecule has 49 heavy (non-hydrogen) atoms. The summed E-state index contributed by atoms with van der Waals surface area (Å²) >= 11 is 1.45. The van der Waals surface area contributed by atoms with Crippen LogP contribution in [0, 0.1) is 11.6 Å². The van der Waals surface area contributed by atoms with Gasteiger partial charge in [-0.25, -0.2) is 22.2 Å². The zero-order chi connectivity index (χ0) is 34.8. The predicted molar refractivity (Wildman–Crippen MR) is 190 cm³/mol. The second kappa shape index (κ2) is 16.4. The maximum absolute atomic E-state index is 13.9. The molecule has 8 nitrogen and oxygen atoms in total. The van der Waals surface area contributed by atoms with Gasteiger partial charge < -0.3 is 9.88 Å². The smallest absolute Gasteiger partial charge is 0.256 e. The van der Waals surface area contributed by atoms with Gasteiger partial charge in [-0.15, -0.1) is 0 Å². The van der Waals surface area contributed by atoms with Gasteiger partial charge in [-0.05, 0) is 94.3 Å². The van der Waals surface area contributed by atoms with Crippen LogP contribution in [0.5, 0.6) is 0 Å². The standard InChI is InChI=1S/C37H34F2N4O4S2/c1-48-20-17-35(37(45)42-49(46,47)24-26-5-3-2-4-6-26)41-36(44)33-16-7-27(22-34(33)29-10-14-32(39)15-11-29)21-30(23-43-19-18-40-25-43)28-8-12-31(38)13-9-28/h2-16,18-19,21-22,25,35H,17,20,23-24H2,1H3,(H,41,44)(H,42,45)/t35-/m0/s1. The predicted octanol–water partition coefficient (Wildman–Crippen LogP) is 6.57. The minimum atomic E-state index is -4.05. The maximum atomic E-state index is 13.9. The van der Waals surface area contributed by atoms with E-state index in [0.717, 1.165) is 11.1 Å². The van der Waals surface area contributed by atoms with Crippen molar-refractivity contribution in [3.05, 3.63) is 150 Å². The number of aromatic nitrogens is 2. The van der Waals surface area contributed by atoms with Gasteiger partial charge in [-0.1, -0.05) is 60.7 Å². The van der Waals surface area contributed by atoms with Crippen molar-refractivity contribution in [1.29, 1.82) is 0 Å². The molecule has 0 aliphatic carbocycles. The Bertz CT molecular complexity index is 2020. The van der Waals surface area contributed by atoms with Gasteiger partial charge >= 0.3 is 0 Å². The number of carbonyl (C=O) groups excluding carboxylic acids is 2. The molecular formula is C37H34F2N4O4S2. The normalized spacial score (nSPS) is 12.3. The zero-order valence-corrected chi connectivity index (χ0v) is 28.2. The summed E-state index contributed by atoms with van der Waals surface area (Å²) in [5.41, 5.74) is 4.06. The summed E-state index contributed by atoms with van der Waals surface area (Å²) < 4.78 is 57.4. The van der Waals surface area contributed by atoms with E-state index in [9.17, 15) is 26.8 Å². The third-order valence-corrected chi connectivity index (χ3v) is 9.47. The van der Waals surface area contributed by atoms with Crippen molar-refractivity contribution in [2.24, 2.45) is 0 Å². The molecule has 5 rings (SSSR count). The molecule has 2 amide bonds. The van der Waals surface area contributed by atoms with Crippen LogP contribution < -0.4 is 10.0 Å². The Hall–Kier alpha value is -5.07. The van der Waals surface area contributed by atoms with Crippen LogP contribution in [0.25, 0.3) is 22.8 Å². The van der Waals surface area contributed by atoms with Crippen molar-refractivity contribution >= 4 is 45.2 Å². The Morgan fingerprint density at radius 2 is 1.63 bits per heavy atom. The summed E-state index contributed by atoms with van der Waals surface area (Å²) in [5.74, 6) is -2.17. The van der Waals surface area contributed by atoms with Crippen LogP contribution in [-0.2, 0) is 27.1 Å². The first-order valence-corrected chi connectivity index (χ1v) is 18.3. The number of carbonyl (C=O) groups is 2. The van der Waals surface area contributed by atoms with Crippen molar-refractivity contribution in [3.8, 4) is 11.1 Å². The van der Waals surface area contributed by atoms with E-state index in [2.05, 4.69) is 15.0 Å². The highest BCUT2D eigenvalue weighted by atomic mass is 32.2. The minimum absolute atomic E-state index is 0.182. The number of imidazole rings is 1. The Balaban J connectivity index is 1.47. The fourth-order valence-corrected chi connectivity index (χ4v) is 6.80. The first kappa shape index (κ1) is 35.2. The summed E-state index contributed by atoms with van der Waals surface area (Å²) in [4.78, 5) is 31.3. The molecule has 1 atom stereocenters. The molecule has 2 N–H and O–H groups in total. The summed E-state index contributed by atoms with van der Waals surface area (Å²) in [6.45, 7) is 0.430. The molecular weight excluding hydrogens is 667 g/mol. The number of amides is 2. The number of allylic oxidation sites excluding steroid dienone is 1. The lowest BCUT2D eigenvalue weighted by Gasteiger charge is -2.20. The minimum Gasteiger partial charge on any atom is -0.340 e. The molecule has 0 bridgehead atoms. The zero-order valence-electron chi connectivity index (χ0n) is 26.6. The van der Waals surface area contributed by atoms with Crippen LogP contribution in [0.2, 0.25) is 0 Å². The Morgan fingerprint density at radius 3 is 2.29 bits per heavy atom. The van der Waals surface area contributed by atoms with Crippen molar-refractivity contribution in [2.75, 3.05) is 12.0 Å². The summed E-state index contributed by atoms with van der Waals surface area (Å²) in [6, 6.07) is 24.2. The third kappa shape index (κ3) is 9.97. The molecule has 0 saturated carbocycles. The largest absolute Gasteiger partial charge is 0.340 e. The van der Waals surface area contributed by atoms with Gasteiger partial charge in [-0.2, -0.15) is 11.8 Å². The van der Waals surface area contributed by atoms with E-state index in [1.54, 1.807) is 85.3 Å². The van der Waals surface area contributed by atoms with E-state index in [4.69, 9.17) is 0 Å². The van der Waals surface area contributed by atoms with Crippen molar-refractivity contribution in [3.63, 3.8) is 0 Å². The number of hydrogen-bond donors (Lipinski definition) is 2. The molecule has 0 saturated heterocycles. The first-order valence-electron chi connectivity index (χ1n) is 15.3. The van der Waals surface area contributed by atoms with Crippen LogP contribution in [0.3, 0.4) is 0 Å².